The molecule has 2 aromatic rings. The fourth-order valence-corrected chi connectivity index (χ4v) is 1.41. The quantitative estimate of drug-likeness (QED) is 0.756. The molecule has 0 atom stereocenters. The summed E-state index contributed by atoms with van der Waals surface area (Å²) in [6.07, 6.45) is 5.61. The molecule has 0 radical (unpaired) electrons. The Hall–Kier alpha value is -1.61. The maximum absolute atomic E-state index is 8.91. The van der Waals surface area contributed by atoms with Crippen molar-refractivity contribution < 1.29 is 5.11 Å². The number of nitrogens with zero attached hydrogens (tertiary/aromatic N) is 1. The van der Waals surface area contributed by atoms with Crippen LogP contribution in [0.1, 0.15) is 12.5 Å². The number of aromatic amines is 1. The predicted molar refractivity (Wildman–Crippen MR) is 56.8 cm³/mol. The lowest BCUT2D eigenvalue weighted by atomic mass is 10.1. The molecular formula is C11H12N2O. The van der Waals surface area contributed by atoms with Crippen LogP contribution in [0.2, 0.25) is 0 Å². The number of rotatable bonds is 2. The second kappa shape index (κ2) is 3.64. The Kier molecular flexibility index (Phi) is 2.33. The minimum atomic E-state index is 0.0902. The van der Waals surface area contributed by atoms with Crippen LogP contribution in [0.5, 0.6) is 0 Å². The standard InChI is InChI=1S/C11H12N2O/c1-8(7-14)5-9-6-13-11-10(9)3-2-4-12-11/h2-6,14H,7H2,1H3,(H,12,13)/b8-5-. The molecule has 0 aromatic carbocycles. The summed E-state index contributed by atoms with van der Waals surface area (Å²) in [5.41, 5.74) is 2.89. The maximum atomic E-state index is 8.91. The van der Waals surface area contributed by atoms with Gasteiger partial charge in [-0.15, -0.1) is 0 Å². The van der Waals surface area contributed by atoms with Gasteiger partial charge >= 0.3 is 0 Å². The molecule has 0 spiro atoms. The van der Waals surface area contributed by atoms with Crippen LogP contribution in [-0.2, 0) is 0 Å². The molecule has 2 rings (SSSR count). The van der Waals surface area contributed by atoms with Gasteiger partial charge in [0, 0.05) is 23.3 Å². The number of pyridine rings is 1. The molecular weight excluding hydrogens is 176 g/mol. The third kappa shape index (κ3) is 1.54. The zero-order valence-corrected chi connectivity index (χ0v) is 7.99. The predicted octanol–water partition coefficient (Wildman–Crippen LogP) is 1.96. The molecule has 0 aliphatic heterocycles. The first kappa shape index (κ1) is 8.97. The summed E-state index contributed by atoms with van der Waals surface area (Å²) in [6, 6.07) is 3.91. The van der Waals surface area contributed by atoms with Crippen LogP contribution in [0.15, 0.2) is 30.1 Å². The lowest BCUT2D eigenvalue weighted by molar-refractivity contribution is 0.332. The van der Waals surface area contributed by atoms with Crippen LogP contribution in [0.3, 0.4) is 0 Å². The van der Waals surface area contributed by atoms with E-state index in [1.165, 1.54) is 0 Å². The number of aliphatic hydroxyl groups is 1. The minimum Gasteiger partial charge on any atom is -0.392 e. The Labute approximate surface area is 82.1 Å². The molecule has 0 unspecified atom stereocenters. The van der Waals surface area contributed by atoms with Crippen molar-refractivity contribution in [3.63, 3.8) is 0 Å². The van der Waals surface area contributed by atoms with Crippen molar-refractivity contribution in [1.82, 2.24) is 9.97 Å². The maximum Gasteiger partial charge on any atom is 0.137 e. The van der Waals surface area contributed by atoms with Crippen molar-refractivity contribution in [2.24, 2.45) is 0 Å². The molecule has 3 heteroatoms. The summed E-state index contributed by atoms with van der Waals surface area (Å²) < 4.78 is 0. The highest BCUT2D eigenvalue weighted by atomic mass is 16.3. The molecule has 3 nitrogen and oxygen atoms in total. The Morgan fingerprint density at radius 1 is 1.64 bits per heavy atom. The fourth-order valence-electron chi connectivity index (χ4n) is 1.41. The van der Waals surface area contributed by atoms with Crippen molar-refractivity contribution >= 4 is 17.1 Å². The summed E-state index contributed by atoms with van der Waals surface area (Å²) in [7, 11) is 0. The number of hydrogen-bond donors (Lipinski definition) is 2. The van der Waals surface area contributed by atoms with Crippen LogP contribution in [0.4, 0.5) is 0 Å². The van der Waals surface area contributed by atoms with Gasteiger partial charge in [-0.05, 0) is 24.6 Å². The van der Waals surface area contributed by atoms with Gasteiger partial charge in [0.2, 0.25) is 0 Å². The smallest absolute Gasteiger partial charge is 0.137 e. The van der Waals surface area contributed by atoms with Gasteiger partial charge in [0.1, 0.15) is 5.65 Å². The van der Waals surface area contributed by atoms with E-state index in [1.807, 2.05) is 31.3 Å². The van der Waals surface area contributed by atoms with E-state index >= 15 is 0 Å². The average molecular weight is 188 g/mol. The highest BCUT2D eigenvalue weighted by Gasteiger charge is 2.00. The van der Waals surface area contributed by atoms with E-state index < -0.39 is 0 Å². The molecule has 14 heavy (non-hydrogen) atoms. The van der Waals surface area contributed by atoms with E-state index in [-0.39, 0.29) is 6.61 Å². The Bertz CT molecular complexity index is 471. The van der Waals surface area contributed by atoms with Crippen molar-refractivity contribution in [3.05, 3.63) is 35.7 Å². The Morgan fingerprint density at radius 3 is 3.29 bits per heavy atom. The Balaban J connectivity index is 2.53. The van der Waals surface area contributed by atoms with Crippen molar-refractivity contribution in [3.8, 4) is 0 Å². The Morgan fingerprint density at radius 2 is 2.50 bits per heavy atom. The van der Waals surface area contributed by atoms with E-state index in [9.17, 15) is 0 Å². The van der Waals surface area contributed by atoms with Gasteiger partial charge in [-0.1, -0.05) is 6.08 Å². The van der Waals surface area contributed by atoms with Crippen molar-refractivity contribution in [2.45, 2.75) is 6.92 Å². The number of fused-ring (bicyclic) bond motifs is 1. The van der Waals surface area contributed by atoms with Crippen LogP contribution < -0.4 is 0 Å². The zero-order chi connectivity index (χ0) is 9.97. The van der Waals surface area contributed by atoms with E-state index in [2.05, 4.69) is 9.97 Å². The molecule has 2 heterocycles. The molecule has 0 bridgehead atoms. The normalized spacial score (nSPS) is 12.3. The largest absolute Gasteiger partial charge is 0.392 e. The van der Waals surface area contributed by atoms with Gasteiger partial charge in [-0.2, -0.15) is 0 Å². The van der Waals surface area contributed by atoms with Gasteiger partial charge < -0.3 is 10.1 Å². The first-order valence-electron chi connectivity index (χ1n) is 4.51. The lowest BCUT2D eigenvalue weighted by Crippen LogP contribution is -1.82. The summed E-state index contributed by atoms with van der Waals surface area (Å²) in [6.45, 7) is 1.99. The monoisotopic (exact) mass is 188 g/mol. The summed E-state index contributed by atoms with van der Waals surface area (Å²) in [4.78, 5) is 7.27. The third-order valence-corrected chi connectivity index (χ3v) is 2.13. The molecule has 0 saturated carbocycles. The van der Waals surface area contributed by atoms with E-state index in [1.54, 1.807) is 6.20 Å². The zero-order valence-electron chi connectivity index (χ0n) is 7.99. The SMILES string of the molecule is C/C(=C/c1c[nH]c2ncccc12)CO. The van der Waals surface area contributed by atoms with Crippen LogP contribution in [0.25, 0.3) is 17.1 Å². The highest BCUT2D eigenvalue weighted by Crippen LogP contribution is 2.18. The second-order valence-corrected chi connectivity index (χ2v) is 3.29. The number of aromatic nitrogens is 2. The number of aliphatic hydroxyl groups excluding tert-OH is 1. The van der Waals surface area contributed by atoms with E-state index in [0.717, 1.165) is 22.2 Å². The lowest BCUT2D eigenvalue weighted by Gasteiger charge is -1.94. The van der Waals surface area contributed by atoms with E-state index in [4.69, 9.17) is 5.11 Å². The molecule has 72 valence electrons. The van der Waals surface area contributed by atoms with Crippen LogP contribution in [0, 0.1) is 0 Å². The molecule has 0 aliphatic carbocycles. The molecule has 0 fully saturated rings. The summed E-state index contributed by atoms with van der Waals surface area (Å²) in [5, 5.41) is 10.00. The van der Waals surface area contributed by atoms with Gasteiger partial charge in [0.15, 0.2) is 0 Å². The van der Waals surface area contributed by atoms with Crippen molar-refractivity contribution in [1.29, 1.82) is 0 Å². The number of hydrogen-bond acceptors (Lipinski definition) is 2. The summed E-state index contributed by atoms with van der Waals surface area (Å²) >= 11 is 0. The van der Waals surface area contributed by atoms with Crippen molar-refractivity contribution in [2.75, 3.05) is 6.61 Å². The molecule has 0 saturated heterocycles. The minimum absolute atomic E-state index is 0.0902. The number of nitrogens with one attached hydrogen (secondary N) is 1. The average Bonchev–Trinajstić information content (AvgIpc) is 2.62. The van der Waals surface area contributed by atoms with Gasteiger partial charge in [0.25, 0.3) is 0 Å². The molecule has 0 aliphatic rings. The fraction of sp³-hybridized carbons (Fsp3) is 0.182. The van der Waals surface area contributed by atoms with Gasteiger partial charge in [0.05, 0.1) is 6.61 Å². The number of H-pyrrole nitrogens is 1. The highest BCUT2D eigenvalue weighted by molar-refractivity contribution is 5.86. The third-order valence-electron chi connectivity index (χ3n) is 2.13. The molecule has 2 N–H and O–H groups in total. The van der Waals surface area contributed by atoms with Gasteiger partial charge in [-0.3, -0.25) is 0 Å². The van der Waals surface area contributed by atoms with Gasteiger partial charge in [-0.25, -0.2) is 4.98 Å². The topological polar surface area (TPSA) is 48.9 Å². The second-order valence-electron chi connectivity index (χ2n) is 3.29. The van der Waals surface area contributed by atoms with Crippen LogP contribution >= 0.6 is 0 Å². The first-order chi connectivity index (χ1) is 6.81. The first-order valence-corrected chi connectivity index (χ1v) is 4.51. The molecule has 2 aromatic heterocycles. The van der Waals surface area contributed by atoms with E-state index in [0.29, 0.717) is 0 Å². The van der Waals surface area contributed by atoms with Crippen LogP contribution in [-0.4, -0.2) is 21.7 Å². The summed E-state index contributed by atoms with van der Waals surface area (Å²) in [5.74, 6) is 0. The molecule has 0 amide bonds.